The summed E-state index contributed by atoms with van der Waals surface area (Å²) < 4.78 is 26.2. The van der Waals surface area contributed by atoms with Crippen LogP contribution >= 0.6 is 24.8 Å². The SMILES string of the molecule is CN(Cc1nccn1C(F)F)C(=O)CC(N)c1ccccc1.Cl.Cl. The molecule has 0 radical (unpaired) electrons. The second-order valence-corrected chi connectivity index (χ2v) is 5.00. The van der Waals surface area contributed by atoms with Gasteiger partial charge in [0.05, 0.1) is 6.54 Å². The largest absolute Gasteiger partial charge is 0.338 e. The molecule has 1 aromatic carbocycles. The zero-order valence-corrected chi connectivity index (χ0v) is 14.6. The van der Waals surface area contributed by atoms with Crippen LogP contribution in [0.1, 0.15) is 30.4 Å². The second kappa shape index (κ2) is 10.2. The van der Waals surface area contributed by atoms with Gasteiger partial charge in [0.1, 0.15) is 5.82 Å². The number of aromatic nitrogens is 2. The van der Waals surface area contributed by atoms with Gasteiger partial charge in [-0.1, -0.05) is 30.3 Å². The predicted octanol–water partition coefficient (Wildman–Crippen LogP) is 3.17. The fraction of sp³-hybridized carbons (Fsp3) is 0.333. The van der Waals surface area contributed by atoms with Gasteiger partial charge in [-0.3, -0.25) is 9.36 Å². The molecule has 0 fully saturated rings. The van der Waals surface area contributed by atoms with E-state index in [9.17, 15) is 13.6 Å². The number of hydrogen-bond donors (Lipinski definition) is 1. The summed E-state index contributed by atoms with van der Waals surface area (Å²) in [4.78, 5) is 17.4. The first-order valence-corrected chi connectivity index (χ1v) is 6.83. The van der Waals surface area contributed by atoms with Crippen LogP contribution < -0.4 is 5.73 Å². The Hall–Kier alpha value is -1.70. The molecular formula is C15H20Cl2F2N4O. The third-order valence-corrected chi connectivity index (χ3v) is 3.39. The van der Waals surface area contributed by atoms with Gasteiger partial charge in [-0.05, 0) is 5.56 Å². The lowest BCUT2D eigenvalue weighted by molar-refractivity contribution is -0.131. The average Bonchev–Trinajstić information content (AvgIpc) is 2.96. The van der Waals surface area contributed by atoms with E-state index in [-0.39, 0.29) is 49.5 Å². The van der Waals surface area contributed by atoms with E-state index in [1.54, 1.807) is 7.05 Å². The molecule has 1 amide bonds. The molecule has 0 saturated carbocycles. The first-order valence-electron chi connectivity index (χ1n) is 6.83. The summed E-state index contributed by atoms with van der Waals surface area (Å²) in [7, 11) is 1.55. The Balaban J connectivity index is 0.00000264. The molecule has 0 bridgehead atoms. The smallest absolute Gasteiger partial charge is 0.319 e. The molecule has 1 unspecified atom stereocenters. The van der Waals surface area contributed by atoms with Crippen LogP contribution in [0.4, 0.5) is 8.78 Å². The highest BCUT2D eigenvalue weighted by molar-refractivity contribution is 5.85. The minimum absolute atomic E-state index is 0. The summed E-state index contributed by atoms with van der Waals surface area (Å²) in [5, 5.41) is 0. The number of nitrogens with zero attached hydrogens (tertiary/aromatic N) is 3. The number of halogens is 4. The van der Waals surface area contributed by atoms with Crippen molar-refractivity contribution in [3.05, 3.63) is 54.1 Å². The van der Waals surface area contributed by atoms with Gasteiger partial charge in [-0.25, -0.2) is 4.98 Å². The molecule has 134 valence electrons. The Morgan fingerprint density at radius 1 is 1.29 bits per heavy atom. The summed E-state index contributed by atoms with van der Waals surface area (Å²) in [5.41, 5.74) is 6.86. The van der Waals surface area contributed by atoms with Gasteiger partial charge in [-0.15, -0.1) is 24.8 Å². The average molecular weight is 381 g/mol. The van der Waals surface area contributed by atoms with Crippen molar-refractivity contribution in [3.63, 3.8) is 0 Å². The standard InChI is InChI=1S/C15H18F2N4O.2ClH/c1-20(10-13-19-7-8-21(13)15(16)17)14(22)9-12(18)11-5-3-2-4-6-11;;/h2-8,12,15H,9-10,18H2,1H3;2*1H. The van der Waals surface area contributed by atoms with E-state index in [4.69, 9.17) is 5.73 Å². The van der Waals surface area contributed by atoms with Gasteiger partial charge in [0.15, 0.2) is 0 Å². The number of amides is 1. The molecule has 1 atom stereocenters. The van der Waals surface area contributed by atoms with E-state index in [2.05, 4.69) is 4.98 Å². The molecule has 9 heteroatoms. The highest BCUT2D eigenvalue weighted by Gasteiger charge is 2.18. The summed E-state index contributed by atoms with van der Waals surface area (Å²) in [6.07, 6.45) is 2.58. The zero-order valence-electron chi connectivity index (χ0n) is 13.0. The third kappa shape index (κ3) is 5.74. The first-order chi connectivity index (χ1) is 10.5. The lowest BCUT2D eigenvalue weighted by Gasteiger charge is -2.20. The number of carbonyl (C=O) groups excluding carboxylic acids is 1. The summed E-state index contributed by atoms with van der Waals surface area (Å²) in [6, 6.07) is 8.84. The highest BCUT2D eigenvalue weighted by Crippen LogP contribution is 2.17. The number of imidazole rings is 1. The minimum atomic E-state index is -2.67. The molecule has 0 saturated heterocycles. The molecule has 0 spiro atoms. The van der Waals surface area contributed by atoms with Crippen molar-refractivity contribution in [3.8, 4) is 0 Å². The number of benzene rings is 1. The highest BCUT2D eigenvalue weighted by atomic mass is 35.5. The van der Waals surface area contributed by atoms with Gasteiger partial charge < -0.3 is 10.6 Å². The zero-order chi connectivity index (χ0) is 16.1. The number of nitrogens with two attached hydrogens (primary N) is 1. The molecule has 24 heavy (non-hydrogen) atoms. The van der Waals surface area contributed by atoms with E-state index in [1.807, 2.05) is 30.3 Å². The van der Waals surface area contributed by atoms with Crippen LogP contribution in [0.25, 0.3) is 0 Å². The normalized spacial score (nSPS) is 11.4. The van der Waals surface area contributed by atoms with E-state index in [0.717, 1.165) is 10.1 Å². The van der Waals surface area contributed by atoms with Crippen LogP contribution in [0, 0.1) is 0 Å². The lowest BCUT2D eigenvalue weighted by Crippen LogP contribution is -2.30. The molecule has 1 aromatic heterocycles. The van der Waals surface area contributed by atoms with Crippen LogP contribution in [0.3, 0.4) is 0 Å². The first kappa shape index (κ1) is 22.3. The number of rotatable bonds is 6. The summed E-state index contributed by atoms with van der Waals surface area (Å²) >= 11 is 0. The topological polar surface area (TPSA) is 64.2 Å². The fourth-order valence-electron chi connectivity index (χ4n) is 2.11. The molecule has 2 aromatic rings. The van der Waals surface area contributed by atoms with Crippen LogP contribution in [0.5, 0.6) is 0 Å². The molecular weight excluding hydrogens is 361 g/mol. The second-order valence-electron chi connectivity index (χ2n) is 5.00. The van der Waals surface area contributed by atoms with E-state index in [1.165, 1.54) is 17.3 Å². The van der Waals surface area contributed by atoms with Crippen molar-refractivity contribution in [2.75, 3.05) is 7.05 Å². The van der Waals surface area contributed by atoms with Crippen molar-refractivity contribution >= 4 is 30.7 Å². The van der Waals surface area contributed by atoms with Gasteiger partial charge >= 0.3 is 6.55 Å². The molecule has 0 aliphatic rings. The molecule has 0 aliphatic heterocycles. The van der Waals surface area contributed by atoms with Crippen molar-refractivity contribution in [1.82, 2.24) is 14.5 Å². The maximum Gasteiger partial charge on any atom is 0.319 e. The van der Waals surface area contributed by atoms with Crippen molar-refractivity contribution < 1.29 is 13.6 Å². The molecule has 2 N–H and O–H groups in total. The maximum absolute atomic E-state index is 12.7. The van der Waals surface area contributed by atoms with Gasteiger partial charge in [0.2, 0.25) is 5.91 Å². The van der Waals surface area contributed by atoms with Gasteiger partial charge in [0, 0.05) is 31.9 Å². The Morgan fingerprint density at radius 3 is 2.50 bits per heavy atom. The van der Waals surface area contributed by atoms with Crippen molar-refractivity contribution in [1.29, 1.82) is 0 Å². The molecule has 0 aliphatic carbocycles. The lowest BCUT2D eigenvalue weighted by atomic mass is 10.0. The molecule has 2 rings (SSSR count). The van der Waals surface area contributed by atoms with Gasteiger partial charge in [-0.2, -0.15) is 8.78 Å². The van der Waals surface area contributed by atoms with Crippen molar-refractivity contribution in [2.45, 2.75) is 25.6 Å². The Kier molecular flexibility index (Phi) is 9.50. The summed E-state index contributed by atoms with van der Waals surface area (Å²) in [6.45, 7) is -2.66. The molecule has 5 nitrogen and oxygen atoms in total. The maximum atomic E-state index is 12.7. The Bertz CT molecular complexity index is 625. The van der Waals surface area contributed by atoms with Crippen LogP contribution in [0.15, 0.2) is 42.7 Å². The number of alkyl halides is 2. The van der Waals surface area contributed by atoms with Crippen LogP contribution in [-0.2, 0) is 11.3 Å². The predicted molar refractivity (Wildman–Crippen MR) is 92.4 cm³/mol. The van der Waals surface area contributed by atoms with E-state index < -0.39 is 12.6 Å². The van der Waals surface area contributed by atoms with Crippen molar-refractivity contribution in [2.24, 2.45) is 5.73 Å². The van der Waals surface area contributed by atoms with E-state index in [0.29, 0.717) is 0 Å². The minimum Gasteiger partial charge on any atom is -0.338 e. The fourth-order valence-corrected chi connectivity index (χ4v) is 2.11. The molecule has 1 heterocycles. The number of carbonyl (C=O) groups is 1. The summed E-state index contributed by atoms with van der Waals surface area (Å²) in [5.74, 6) is -0.0840. The number of hydrogen-bond acceptors (Lipinski definition) is 3. The van der Waals surface area contributed by atoms with Gasteiger partial charge in [0.25, 0.3) is 0 Å². The Labute approximate surface area is 151 Å². The quantitative estimate of drug-likeness (QED) is 0.836. The monoisotopic (exact) mass is 380 g/mol. The van der Waals surface area contributed by atoms with E-state index >= 15 is 0 Å². The third-order valence-electron chi connectivity index (χ3n) is 3.39. The Morgan fingerprint density at radius 2 is 1.92 bits per heavy atom. The van der Waals surface area contributed by atoms with Crippen LogP contribution in [-0.4, -0.2) is 27.4 Å². The van der Waals surface area contributed by atoms with Crippen LogP contribution in [0.2, 0.25) is 0 Å².